The number of ether oxygens (including phenoxy) is 1. The molecule has 5 rings (SSSR count). The SMILES string of the molecule is Nc1nc(N)c(C(=O)/N=C2\NCC3(CCN(C(=O)NCCc4ccc(OCCc5ccc(F)cc5)cc4)CC3)N2)nc1Cl. The van der Waals surface area contributed by atoms with Crippen molar-refractivity contribution < 1.29 is 18.7 Å². The quantitative estimate of drug-likeness (QED) is 0.257. The van der Waals surface area contributed by atoms with Crippen molar-refractivity contribution in [1.29, 1.82) is 0 Å². The number of anilines is 2. The van der Waals surface area contributed by atoms with Crippen molar-refractivity contribution in [2.75, 3.05) is 44.3 Å². The Labute approximate surface area is 253 Å². The lowest BCUT2D eigenvalue weighted by atomic mass is 9.89. The molecule has 14 heteroatoms. The molecule has 2 aliphatic heterocycles. The molecule has 2 saturated heterocycles. The van der Waals surface area contributed by atoms with Gasteiger partial charge in [-0.1, -0.05) is 35.9 Å². The van der Waals surface area contributed by atoms with E-state index in [-0.39, 0.29) is 39.9 Å². The fourth-order valence-corrected chi connectivity index (χ4v) is 5.10. The molecule has 12 nitrogen and oxygen atoms in total. The number of piperidine rings is 1. The summed E-state index contributed by atoms with van der Waals surface area (Å²) in [6, 6.07) is 14.1. The van der Waals surface area contributed by atoms with Crippen LogP contribution in [0.1, 0.15) is 34.5 Å². The Morgan fingerprint density at radius 1 is 1.02 bits per heavy atom. The average molecular weight is 610 g/mol. The number of carbonyl (C=O) groups is 2. The Morgan fingerprint density at radius 3 is 2.42 bits per heavy atom. The third kappa shape index (κ3) is 7.60. The van der Waals surface area contributed by atoms with E-state index < -0.39 is 5.91 Å². The number of amides is 3. The molecule has 2 aromatic carbocycles. The van der Waals surface area contributed by atoms with Gasteiger partial charge in [0, 0.05) is 32.6 Å². The van der Waals surface area contributed by atoms with Gasteiger partial charge in [-0.2, -0.15) is 4.99 Å². The van der Waals surface area contributed by atoms with Crippen LogP contribution in [-0.4, -0.2) is 71.1 Å². The minimum absolute atomic E-state index is 0.0634. The number of likely N-dealkylation sites (tertiary alicyclic amines) is 1. The van der Waals surface area contributed by atoms with Crippen molar-refractivity contribution in [3.63, 3.8) is 0 Å². The summed E-state index contributed by atoms with van der Waals surface area (Å²) in [6.07, 6.45) is 2.74. The molecule has 7 N–H and O–H groups in total. The number of urea groups is 1. The minimum atomic E-state index is -0.695. The number of rotatable bonds is 8. The van der Waals surface area contributed by atoms with E-state index in [0.717, 1.165) is 16.9 Å². The molecule has 0 unspecified atom stereocenters. The number of carbonyl (C=O) groups excluding carboxylic acids is 2. The van der Waals surface area contributed by atoms with E-state index in [9.17, 15) is 14.0 Å². The highest BCUT2D eigenvalue weighted by atomic mass is 35.5. The van der Waals surface area contributed by atoms with Crippen molar-refractivity contribution in [2.24, 2.45) is 4.99 Å². The standard InChI is InChI=1S/C29H33ClFN9O3/c30-23-25(33)37-24(32)22(36-23)26(41)38-27-35-17-29(39-27)11-14-40(15-12-29)28(42)34-13-9-18-3-7-21(8-4-18)43-16-10-19-1-5-20(31)6-2-19/h1-8H,9-17H2,(H,34,42)(H4,32,33,37)(H2,35,38,39,41). The van der Waals surface area contributed by atoms with Gasteiger partial charge in [0.15, 0.2) is 28.4 Å². The van der Waals surface area contributed by atoms with Crippen LogP contribution in [0.25, 0.3) is 0 Å². The van der Waals surface area contributed by atoms with Crippen molar-refractivity contribution in [1.82, 2.24) is 30.8 Å². The molecular formula is C29H33ClFN9O3. The number of benzene rings is 2. The van der Waals surface area contributed by atoms with Gasteiger partial charge in [-0.3, -0.25) is 4.79 Å². The van der Waals surface area contributed by atoms with Crippen LogP contribution >= 0.6 is 11.6 Å². The molecule has 0 atom stereocenters. The first kappa shape index (κ1) is 29.8. The van der Waals surface area contributed by atoms with E-state index in [4.69, 9.17) is 27.8 Å². The smallest absolute Gasteiger partial charge is 0.317 e. The first-order valence-corrected chi connectivity index (χ1v) is 14.3. The molecule has 3 heterocycles. The highest BCUT2D eigenvalue weighted by Crippen LogP contribution is 2.25. The molecule has 2 fully saturated rings. The largest absolute Gasteiger partial charge is 0.493 e. The molecule has 0 radical (unpaired) electrons. The van der Waals surface area contributed by atoms with Crippen LogP contribution in [0.3, 0.4) is 0 Å². The summed E-state index contributed by atoms with van der Waals surface area (Å²) in [5.41, 5.74) is 12.9. The molecule has 226 valence electrons. The summed E-state index contributed by atoms with van der Waals surface area (Å²) in [5.74, 6) is -0.0876. The second kappa shape index (κ2) is 13.1. The van der Waals surface area contributed by atoms with Gasteiger partial charge in [-0.15, -0.1) is 0 Å². The van der Waals surface area contributed by atoms with E-state index in [0.29, 0.717) is 64.4 Å². The predicted octanol–water partition coefficient (Wildman–Crippen LogP) is 2.53. The first-order chi connectivity index (χ1) is 20.7. The topological polar surface area (TPSA) is 173 Å². The zero-order valence-corrected chi connectivity index (χ0v) is 24.2. The summed E-state index contributed by atoms with van der Waals surface area (Å²) in [6.45, 7) is 2.67. The molecule has 0 saturated carbocycles. The number of aromatic nitrogens is 2. The van der Waals surface area contributed by atoms with Gasteiger partial charge in [0.05, 0.1) is 12.1 Å². The lowest BCUT2D eigenvalue weighted by Crippen LogP contribution is -2.55. The van der Waals surface area contributed by atoms with Crippen molar-refractivity contribution in [3.05, 3.63) is 76.3 Å². The van der Waals surface area contributed by atoms with E-state index in [1.807, 2.05) is 24.3 Å². The predicted molar refractivity (Wildman–Crippen MR) is 161 cm³/mol. The second-order valence-corrected chi connectivity index (χ2v) is 10.9. The van der Waals surface area contributed by atoms with Crippen molar-refractivity contribution in [3.8, 4) is 5.75 Å². The highest BCUT2D eigenvalue weighted by Gasteiger charge is 2.40. The van der Waals surface area contributed by atoms with E-state index in [1.54, 1.807) is 17.0 Å². The molecule has 3 aromatic rings. The van der Waals surface area contributed by atoms with Gasteiger partial charge in [-0.05, 0) is 54.7 Å². The number of halogens is 2. The Bertz CT molecular complexity index is 1490. The number of nitrogens with two attached hydrogens (primary N) is 2. The zero-order chi connectivity index (χ0) is 30.4. The lowest BCUT2D eigenvalue weighted by Gasteiger charge is -2.38. The fraction of sp³-hybridized carbons (Fsp3) is 0.345. The maximum atomic E-state index is 13.0. The monoisotopic (exact) mass is 609 g/mol. The maximum absolute atomic E-state index is 13.0. The molecule has 43 heavy (non-hydrogen) atoms. The second-order valence-electron chi connectivity index (χ2n) is 10.5. The van der Waals surface area contributed by atoms with Crippen LogP contribution < -0.4 is 32.2 Å². The molecule has 0 bridgehead atoms. The Balaban J connectivity index is 1.02. The number of guanidine groups is 1. The lowest BCUT2D eigenvalue weighted by molar-refractivity contribution is 0.0998. The highest BCUT2D eigenvalue weighted by molar-refractivity contribution is 6.31. The summed E-state index contributed by atoms with van der Waals surface area (Å²) in [5, 5.41) is 9.29. The summed E-state index contributed by atoms with van der Waals surface area (Å²) in [7, 11) is 0. The maximum Gasteiger partial charge on any atom is 0.317 e. The van der Waals surface area contributed by atoms with Crippen LogP contribution in [0, 0.1) is 5.82 Å². The van der Waals surface area contributed by atoms with Crippen LogP contribution in [0.5, 0.6) is 5.75 Å². The number of aliphatic imine (C=N–C) groups is 1. The van der Waals surface area contributed by atoms with E-state index in [2.05, 4.69) is 30.9 Å². The van der Waals surface area contributed by atoms with E-state index in [1.165, 1.54) is 12.1 Å². The fourth-order valence-electron chi connectivity index (χ4n) is 4.97. The Kier molecular flexibility index (Phi) is 9.10. The number of hydrogen-bond acceptors (Lipinski definition) is 7. The molecule has 0 aliphatic carbocycles. The molecular weight excluding hydrogens is 577 g/mol. The molecule has 3 amide bonds. The first-order valence-electron chi connectivity index (χ1n) is 13.9. The summed E-state index contributed by atoms with van der Waals surface area (Å²) >= 11 is 5.87. The van der Waals surface area contributed by atoms with Crippen molar-refractivity contribution in [2.45, 2.75) is 31.2 Å². The molecule has 1 aromatic heterocycles. The van der Waals surface area contributed by atoms with Gasteiger partial charge >= 0.3 is 11.9 Å². The number of nitrogen functional groups attached to an aromatic ring is 2. The molecule has 1 spiro atoms. The Hall–Kier alpha value is -4.65. The number of hydrogen-bond donors (Lipinski definition) is 5. The average Bonchev–Trinajstić information content (AvgIpc) is 3.38. The van der Waals surface area contributed by atoms with Crippen LogP contribution in [0.2, 0.25) is 5.15 Å². The van der Waals surface area contributed by atoms with Crippen LogP contribution in [0.15, 0.2) is 53.5 Å². The summed E-state index contributed by atoms with van der Waals surface area (Å²) in [4.78, 5) is 38.9. The van der Waals surface area contributed by atoms with Crippen LogP contribution in [0.4, 0.5) is 20.8 Å². The van der Waals surface area contributed by atoms with Crippen LogP contribution in [-0.2, 0) is 12.8 Å². The normalized spacial score (nSPS) is 16.5. The van der Waals surface area contributed by atoms with Crippen molar-refractivity contribution >= 4 is 41.1 Å². The molecule has 2 aliphatic rings. The number of nitrogens with one attached hydrogen (secondary N) is 3. The minimum Gasteiger partial charge on any atom is -0.493 e. The summed E-state index contributed by atoms with van der Waals surface area (Å²) < 4.78 is 18.8. The zero-order valence-electron chi connectivity index (χ0n) is 23.4. The van der Waals surface area contributed by atoms with E-state index >= 15 is 0 Å². The Morgan fingerprint density at radius 2 is 1.70 bits per heavy atom. The van der Waals surface area contributed by atoms with Gasteiger partial charge in [0.1, 0.15) is 11.6 Å². The third-order valence-corrected chi connectivity index (χ3v) is 7.77. The van der Waals surface area contributed by atoms with Gasteiger partial charge in [-0.25, -0.2) is 19.2 Å². The van der Waals surface area contributed by atoms with Gasteiger partial charge < -0.3 is 37.1 Å². The van der Waals surface area contributed by atoms with Gasteiger partial charge in [0.2, 0.25) is 0 Å². The van der Waals surface area contributed by atoms with Gasteiger partial charge in [0.25, 0.3) is 0 Å². The third-order valence-electron chi connectivity index (χ3n) is 7.49. The number of nitrogens with zero attached hydrogens (tertiary/aromatic N) is 4.